The first kappa shape index (κ1) is 13.9. The van der Waals surface area contributed by atoms with Crippen molar-refractivity contribution in [2.75, 3.05) is 5.32 Å². The highest BCUT2D eigenvalue weighted by Crippen LogP contribution is 2.36. The van der Waals surface area contributed by atoms with Crippen LogP contribution >= 0.6 is 11.3 Å². The molecule has 0 aliphatic heterocycles. The number of carbonyl (C=O) groups is 1. The molecule has 1 aliphatic rings. The van der Waals surface area contributed by atoms with Gasteiger partial charge < -0.3 is 0 Å². The molecule has 1 aliphatic carbocycles. The van der Waals surface area contributed by atoms with Crippen molar-refractivity contribution >= 4 is 28.5 Å². The van der Waals surface area contributed by atoms with Gasteiger partial charge in [-0.15, -0.1) is 10.2 Å². The van der Waals surface area contributed by atoms with Crippen molar-refractivity contribution in [1.82, 2.24) is 10.2 Å². The van der Waals surface area contributed by atoms with Crippen LogP contribution in [0.5, 0.6) is 0 Å². The van der Waals surface area contributed by atoms with E-state index in [1.165, 1.54) is 43.1 Å². The Labute approximate surface area is 127 Å². The molecule has 1 amide bonds. The van der Waals surface area contributed by atoms with Crippen LogP contribution in [0.1, 0.15) is 42.2 Å². The Morgan fingerprint density at radius 2 is 1.95 bits per heavy atom. The highest BCUT2D eigenvalue weighted by molar-refractivity contribution is 7.15. The monoisotopic (exact) mass is 299 g/mol. The van der Waals surface area contributed by atoms with Gasteiger partial charge in [-0.25, -0.2) is 0 Å². The lowest BCUT2D eigenvalue weighted by atomic mass is 10.1. The van der Waals surface area contributed by atoms with E-state index in [2.05, 4.69) is 15.5 Å². The van der Waals surface area contributed by atoms with Crippen molar-refractivity contribution in [3.63, 3.8) is 0 Å². The Kier molecular flexibility index (Phi) is 4.40. The van der Waals surface area contributed by atoms with Crippen molar-refractivity contribution in [2.45, 2.75) is 31.6 Å². The second kappa shape index (κ2) is 6.63. The van der Waals surface area contributed by atoms with Crippen molar-refractivity contribution in [2.24, 2.45) is 0 Å². The Bertz CT molecular complexity index is 630. The molecule has 108 valence electrons. The molecule has 3 rings (SSSR count). The molecular weight excluding hydrogens is 282 g/mol. The van der Waals surface area contributed by atoms with Gasteiger partial charge in [0.2, 0.25) is 11.0 Å². The molecule has 5 heteroatoms. The predicted molar refractivity (Wildman–Crippen MR) is 85.2 cm³/mol. The van der Waals surface area contributed by atoms with Gasteiger partial charge in [0, 0.05) is 12.0 Å². The van der Waals surface area contributed by atoms with Gasteiger partial charge in [0.05, 0.1) is 0 Å². The van der Waals surface area contributed by atoms with Gasteiger partial charge >= 0.3 is 0 Å². The quantitative estimate of drug-likeness (QED) is 0.872. The molecule has 1 aromatic carbocycles. The van der Waals surface area contributed by atoms with E-state index in [1.54, 1.807) is 6.08 Å². The van der Waals surface area contributed by atoms with Crippen LogP contribution in [-0.4, -0.2) is 16.1 Å². The zero-order valence-electron chi connectivity index (χ0n) is 11.7. The Morgan fingerprint density at radius 1 is 1.19 bits per heavy atom. The molecular formula is C16H17N3OS. The van der Waals surface area contributed by atoms with Gasteiger partial charge in [-0.2, -0.15) is 0 Å². The van der Waals surface area contributed by atoms with Crippen LogP contribution in [0.15, 0.2) is 36.4 Å². The summed E-state index contributed by atoms with van der Waals surface area (Å²) in [7, 11) is 0. The van der Waals surface area contributed by atoms with Crippen LogP contribution in [0.2, 0.25) is 0 Å². The largest absolute Gasteiger partial charge is 0.297 e. The van der Waals surface area contributed by atoms with Crippen molar-refractivity contribution in [3.05, 3.63) is 47.0 Å². The summed E-state index contributed by atoms with van der Waals surface area (Å²) < 4.78 is 0. The molecule has 1 N–H and O–H groups in total. The lowest BCUT2D eigenvalue weighted by molar-refractivity contribution is -0.111. The van der Waals surface area contributed by atoms with E-state index >= 15 is 0 Å². The number of amides is 1. The standard InChI is InChI=1S/C16H17N3OS/c20-14(11-10-12-6-2-1-3-7-12)17-16-19-18-15(21-16)13-8-4-5-9-13/h1-3,6-7,10-11,13H,4-5,8-9H2,(H,17,19,20). The van der Waals surface area contributed by atoms with Gasteiger partial charge in [-0.05, 0) is 24.5 Å². The van der Waals surface area contributed by atoms with E-state index in [0.29, 0.717) is 11.0 Å². The highest BCUT2D eigenvalue weighted by Gasteiger charge is 2.21. The van der Waals surface area contributed by atoms with E-state index in [4.69, 9.17) is 0 Å². The lowest BCUT2D eigenvalue weighted by Gasteiger charge is -2.00. The molecule has 1 aromatic heterocycles. The number of nitrogens with zero attached hydrogens (tertiary/aromatic N) is 2. The first-order valence-electron chi connectivity index (χ1n) is 7.19. The second-order valence-electron chi connectivity index (χ2n) is 5.16. The molecule has 4 nitrogen and oxygen atoms in total. The van der Waals surface area contributed by atoms with Crippen LogP contribution in [0.4, 0.5) is 5.13 Å². The topological polar surface area (TPSA) is 54.9 Å². The average Bonchev–Trinajstić information content (AvgIpc) is 3.17. The minimum absolute atomic E-state index is 0.173. The molecule has 1 saturated carbocycles. The van der Waals surface area contributed by atoms with E-state index < -0.39 is 0 Å². The van der Waals surface area contributed by atoms with Gasteiger partial charge in [0.1, 0.15) is 5.01 Å². The highest BCUT2D eigenvalue weighted by atomic mass is 32.1. The number of benzene rings is 1. The van der Waals surface area contributed by atoms with Crippen LogP contribution in [0.3, 0.4) is 0 Å². The van der Waals surface area contributed by atoms with Crippen molar-refractivity contribution in [3.8, 4) is 0 Å². The zero-order valence-corrected chi connectivity index (χ0v) is 12.5. The number of anilines is 1. The smallest absolute Gasteiger partial charge is 0.250 e. The van der Waals surface area contributed by atoms with Gasteiger partial charge in [-0.1, -0.05) is 54.5 Å². The van der Waals surface area contributed by atoms with Crippen molar-refractivity contribution in [1.29, 1.82) is 0 Å². The molecule has 0 atom stereocenters. The summed E-state index contributed by atoms with van der Waals surface area (Å²) in [6.07, 6.45) is 8.23. The first-order valence-corrected chi connectivity index (χ1v) is 8.00. The maximum absolute atomic E-state index is 11.9. The summed E-state index contributed by atoms with van der Waals surface area (Å²) in [5, 5.41) is 12.7. The molecule has 0 bridgehead atoms. The normalized spacial score (nSPS) is 15.6. The molecule has 1 fully saturated rings. The number of aromatic nitrogens is 2. The average molecular weight is 299 g/mol. The molecule has 0 unspecified atom stereocenters. The fourth-order valence-electron chi connectivity index (χ4n) is 2.51. The summed E-state index contributed by atoms with van der Waals surface area (Å²) >= 11 is 1.49. The van der Waals surface area contributed by atoms with Crippen molar-refractivity contribution < 1.29 is 4.79 Å². The fourth-order valence-corrected chi connectivity index (χ4v) is 3.42. The second-order valence-corrected chi connectivity index (χ2v) is 6.17. The molecule has 0 radical (unpaired) electrons. The predicted octanol–water partition coefficient (Wildman–Crippen LogP) is 3.85. The van der Waals surface area contributed by atoms with Gasteiger partial charge in [-0.3, -0.25) is 10.1 Å². The number of carbonyl (C=O) groups excluding carboxylic acids is 1. The summed E-state index contributed by atoms with van der Waals surface area (Å²) in [6, 6.07) is 9.73. The first-order chi connectivity index (χ1) is 10.3. The van der Waals surface area contributed by atoms with Gasteiger partial charge in [0.25, 0.3) is 0 Å². The summed E-state index contributed by atoms with van der Waals surface area (Å²) in [5.41, 5.74) is 0.997. The number of hydrogen-bond donors (Lipinski definition) is 1. The third kappa shape index (κ3) is 3.76. The molecule has 0 spiro atoms. The summed E-state index contributed by atoms with van der Waals surface area (Å²) in [5.74, 6) is 0.362. The van der Waals surface area contributed by atoms with E-state index in [-0.39, 0.29) is 5.91 Å². The van der Waals surface area contributed by atoms with E-state index in [0.717, 1.165) is 10.6 Å². The Morgan fingerprint density at radius 3 is 2.71 bits per heavy atom. The molecule has 2 aromatic rings. The van der Waals surface area contributed by atoms with Gasteiger partial charge in [0.15, 0.2) is 0 Å². The van der Waals surface area contributed by atoms with Crippen LogP contribution in [0, 0.1) is 0 Å². The van der Waals surface area contributed by atoms with Crippen LogP contribution in [0.25, 0.3) is 6.08 Å². The van der Waals surface area contributed by atoms with Crippen LogP contribution in [-0.2, 0) is 4.79 Å². The lowest BCUT2D eigenvalue weighted by Crippen LogP contribution is -2.07. The third-order valence-electron chi connectivity index (χ3n) is 3.60. The van der Waals surface area contributed by atoms with E-state index in [1.807, 2.05) is 30.3 Å². The minimum Gasteiger partial charge on any atom is -0.297 e. The maximum atomic E-state index is 11.9. The maximum Gasteiger partial charge on any atom is 0.250 e. The number of nitrogens with one attached hydrogen (secondary N) is 1. The van der Waals surface area contributed by atoms with Crippen LogP contribution < -0.4 is 5.32 Å². The SMILES string of the molecule is O=C(C=Cc1ccccc1)Nc1nnc(C2CCCC2)s1. The zero-order chi connectivity index (χ0) is 14.5. The molecule has 1 heterocycles. The fraction of sp³-hybridized carbons (Fsp3) is 0.312. The minimum atomic E-state index is -0.173. The number of rotatable bonds is 4. The Hall–Kier alpha value is -2.01. The molecule has 0 saturated heterocycles. The number of hydrogen-bond acceptors (Lipinski definition) is 4. The summed E-state index contributed by atoms with van der Waals surface area (Å²) in [4.78, 5) is 11.9. The summed E-state index contributed by atoms with van der Waals surface area (Å²) in [6.45, 7) is 0. The third-order valence-corrected chi connectivity index (χ3v) is 4.60. The Balaban J connectivity index is 1.58. The van der Waals surface area contributed by atoms with E-state index in [9.17, 15) is 4.79 Å². The molecule has 21 heavy (non-hydrogen) atoms.